The molecule has 1 aromatic heterocycles. The molecule has 0 aromatic carbocycles. The minimum atomic E-state index is 0.285. The number of rotatable bonds is 3. The molecule has 4 heteroatoms. The fourth-order valence-electron chi connectivity index (χ4n) is 1.05. The summed E-state index contributed by atoms with van der Waals surface area (Å²) in [7, 11) is 4.11. The summed E-state index contributed by atoms with van der Waals surface area (Å²) in [4.78, 5) is 9.87. The van der Waals surface area contributed by atoms with E-state index in [0.717, 1.165) is 24.9 Å². The molecular weight excluding hydrogens is 188 g/mol. The van der Waals surface area contributed by atoms with Gasteiger partial charge < -0.3 is 10.6 Å². The van der Waals surface area contributed by atoms with Gasteiger partial charge in [0.2, 0.25) is 5.95 Å². The van der Waals surface area contributed by atoms with Gasteiger partial charge in [-0.15, -0.1) is 0 Å². The van der Waals surface area contributed by atoms with Gasteiger partial charge in [0.15, 0.2) is 0 Å². The third-order valence-electron chi connectivity index (χ3n) is 1.81. The summed E-state index contributed by atoms with van der Waals surface area (Å²) >= 11 is 0. The van der Waals surface area contributed by atoms with E-state index < -0.39 is 0 Å². The summed E-state index contributed by atoms with van der Waals surface area (Å²) in [5.41, 5.74) is 6.17. The van der Waals surface area contributed by atoms with Crippen molar-refractivity contribution in [2.75, 3.05) is 26.4 Å². The standard InChI is InChI=1S/C11H16N4/c1-15(2)7-5-3-4-6-10-8-13-11(12)14-9-10/h8-9H,3,5,7H2,1-2H3,(H2,12,13,14). The molecule has 0 bridgehead atoms. The molecule has 0 spiro atoms. The first-order chi connectivity index (χ1) is 7.18. The van der Waals surface area contributed by atoms with Crippen LogP contribution in [0.1, 0.15) is 18.4 Å². The lowest BCUT2D eigenvalue weighted by atomic mass is 10.2. The Balaban J connectivity index is 2.35. The molecule has 0 amide bonds. The fraction of sp³-hybridized carbons (Fsp3) is 0.455. The molecule has 15 heavy (non-hydrogen) atoms. The molecule has 0 aliphatic carbocycles. The first-order valence-electron chi connectivity index (χ1n) is 4.89. The Bertz CT molecular complexity index is 345. The van der Waals surface area contributed by atoms with E-state index >= 15 is 0 Å². The largest absolute Gasteiger partial charge is 0.368 e. The zero-order chi connectivity index (χ0) is 11.1. The average molecular weight is 204 g/mol. The van der Waals surface area contributed by atoms with Crippen molar-refractivity contribution in [3.8, 4) is 11.8 Å². The van der Waals surface area contributed by atoms with Crippen LogP contribution < -0.4 is 5.73 Å². The summed E-state index contributed by atoms with van der Waals surface area (Å²) in [6, 6.07) is 0. The van der Waals surface area contributed by atoms with Crippen molar-refractivity contribution >= 4 is 5.95 Å². The quantitative estimate of drug-likeness (QED) is 0.583. The number of nitrogens with zero attached hydrogens (tertiary/aromatic N) is 3. The minimum Gasteiger partial charge on any atom is -0.368 e. The van der Waals surface area contributed by atoms with Crippen LogP contribution in [-0.2, 0) is 0 Å². The van der Waals surface area contributed by atoms with Crippen LogP contribution in [0.15, 0.2) is 12.4 Å². The van der Waals surface area contributed by atoms with Crippen LogP contribution in [0.3, 0.4) is 0 Å². The molecule has 2 N–H and O–H groups in total. The van der Waals surface area contributed by atoms with Crippen LogP contribution in [0.25, 0.3) is 0 Å². The Kier molecular flexibility index (Phi) is 4.58. The second-order valence-corrected chi connectivity index (χ2v) is 3.54. The molecule has 4 nitrogen and oxygen atoms in total. The number of nitrogen functional groups attached to an aromatic ring is 1. The van der Waals surface area contributed by atoms with Crippen molar-refractivity contribution in [1.82, 2.24) is 14.9 Å². The number of anilines is 1. The van der Waals surface area contributed by atoms with Crippen molar-refractivity contribution in [3.63, 3.8) is 0 Å². The van der Waals surface area contributed by atoms with Gasteiger partial charge in [0.05, 0.1) is 5.56 Å². The molecule has 1 heterocycles. The third kappa shape index (κ3) is 4.99. The lowest BCUT2D eigenvalue weighted by Gasteiger charge is -2.05. The van der Waals surface area contributed by atoms with Gasteiger partial charge in [0, 0.05) is 18.8 Å². The monoisotopic (exact) mass is 204 g/mol. The third-order valence-corrected chi connectivity index (χ3v) is 1.81. The molecule has 1 rings (SSSR count). The van der Waals surface area contributed by atoms with Crippen LogP contribution in [0, 0.1) is 11.8 Å². The van der Waals surface area contributed by atoms with E-state index in [2.05, 4.69) is 40.8 Å². The zero-order valence-corrected chi connectivity index (χ0v) is 9.20. The maximum absolute atomic E-state index is 5.36. The summed E-state index contributed by atoms with van der Waals surface area (Å²) in [6.07, 6.45) is 5.25. The maximum atomic E-state index is 5.36. The van der Waals surface area contributed by atoms with Crippen LogP contribution >= 0.6 is 0 Å². The summed E-state index contributed by atoms with van der Waals surface area (Å²) < 4.78 is 0. The Labute approximate surface area is 90.5 Å². The van der Waals surface area contributed by atoms with Crippen molar-refractivity contribution in [3.05, 3.63) is 18.0 Å². The van der Waals surface area contributed by atoms with Crippen LogP contribution in [0.5, 0.6) is 0 Å². The molecule has 0 aliphatic rings. The average Bonchev–Trinajstić information content (AvgIpc) is 2.20. The molecule has 0 saturated heterocycles. The normalized spacial score (nSPS) is 9.80. The number of hydrogen-bond acceptors (Lipinski definition) is 4. The minimum absolute atomic E-state index is 0.285. The van der Waals surface area contributed by atoms with Gasteiger partial charge in [-0.1, -0.05) is 11.8 Å². The SMILES string of the molecule is CN(C)CCCC#Cc1cnc(N)nc1. The predicted molar refractivity (Wildman–Crippen MR) is 61.1 cm³/mol. The second kappa shape index (κ2) is 5.99. The highest BCUT2D eigenvalue weighted by atomic mass is 15.0. The highest BCUT2D eigenvalue weighted by Crippen LogP contribution is 1.95. The van der Waals surface area contributed by atoms with E-state index in [1.54, 1.807) is 12.4 Å². The van der Waals surface area contributed by atoms with E-state index in [1.807, 2.05) is 0 Å². The molecule has 0 unspecified atom stereocenters. The Morgan fingerprint density at radius 1 is 1.33 bits per heavy atom. The van der Waals surface area contributed by atoms with Gasteiger partial charge in [0.1, 0.15) is 0 Å². The van der Waals surface area contributed by atoms with E-state index in [0.29, 0.717) is 0 Å². The summed E-state index contributed by atoms with van der Waals surface area (Å²) in [5, 5.41) is 0. The molecule has 0 fully saturated rings. The lowest BCUT2D eigenvalue weighted by Crippen LogP contribution is -2.12. The van der Waals surface area contributed by atoms with Gasteiger partial charge in [-0.3, -0.25) is 0 Å². The van der Waals surface area contributed by atoms with Crippen LogP contribution in [0.2, 0.25) is 0 Å². The topological polar surface area (TPSA) is 55.0 Å². The predicted octanol–water partition coefficient (Wildman–Crippen LogP) is 0.752. The number of hydrogen-bond donors (Lipinski definition) is 1. The Morgan fingerprint density at radius 3 is 2.60 bits per heavy atom. The molecule has 0 radical (unpaired) electrons. The molecule has 0 saturated carbocycles. The summed E-state index contributed by atoms with van der Waals surface area (Å²) in [5.74, 6) is 6.36. The number of aromatic nitrogens is 2. The number of unbranched alkanes of at least 4 members (excludes halogenated alkanes) is 1. The number of nitrogens with two attached hydrogens (primary N) is 1. The Morgan fingerprint density at radius 2 is 2.00 bits per heavy atom. The van der Waals surface area contributed by atoms with Gasteiger partial charge in [-0.05, 0) is 27.1 Å². The zero-order valence-electron chi connectivity index (χ0n) is 9.20. The van der Waals surface area contributed by atoms with Crippen molar-refractivity contribution in [1.29, 1.82) is 0 Å². The van der Waals surface area contributed by atoms with Crippen molar-refractivity contribution in [2.24, 2.45) is 0 Å². The van der Waals surface area contributed by atoms with Crippen LogP contribution in [0.4, 0.5) is 5.95 Å². The molecule has 0 aliphatic heterocycles. The maximum Gasteiger partial charge on any atom is 0.219 e. The second-order valence-electron chi connectivity index (χ2n) is 3.54. The van der Waals surface area contributed by atoms with Gasteiger partial charge in [-0.2, -0.15) is 0 Å². The van der Waals surface area contributed by atoms with Crippen molar-refractivity contribution in [2.45, 2.75) is 12.8 Å². The van der Waals surface area contributed by atoms with Gasteiger partial charge in [-0.25, -0.2) is 9.97 Å². The van der Waals surface area contributed by atoms with E-state index in [1.165, 1.54) is 0 Å². The van der Waals surface area contributed by atoms with Gasteiger partial charge in [0.25, 0.3) is 0 Å². The first-order valence-corrected chi connectivity index (χ1v) is 4.89. The molecular formula is C11H16N4. The fourth-order valence-corrected chi connectivity index (χ4v) is 1.05. The summed E-state index contributed by atoms with van der Waals surface area (Å²) in [6.45, 7) is 1.06. The van der Waals surface area contributed by atoms with Gasteiger partial charge >= 0.3 is 0 Å². The highest BCUT2D eigenvalue weighted by Gasteiger charge is 1.89. The molecule has 80 valence electrons. The van der Waals surface area contributed by atoms with E-state index in [4.69, 9.17) is 5.73 Å². The smallest absolute Gasteiger partial charge is 0.219 e. The highest BCUT2D eigenvalue weighted by molar-refractivity contribution is 5.31. The van der Waals surface area contributed by atoms with Crippen LogP contribution in [-0.4, -0.2) is 35.5 Å². The molecule has 1 aromatic rings. The Hall–Kier alpha value is -1.60. The van der Waals surface area contributed by atoms with E-state index in [-0.39, 0.29) is 5.95 Å². The first kappa shape index (κ1) is 11.5. The van der Waals surface area contributed by atoms with E-state index in [9.17, 15) is 0 Å². The van der Waals surface area contributed by atoms with Crippen molar-refractivity contribution < 1.29 is 0 Å². The lowest BCUT2D eigenvalue weighted by molar-refractivity contribution is 0.403. The molecule has 0 atom stereocenters.